The maximum Gasteiger partial charge on any atom is 0.418 e. The molecule has 0 saturated carbocycles. The third kappa shape index (κ3) is 3.23. The van der Waals surface area contributed by atoms with Crippen LogP contribution in [0.2, 0.25) is 0 Å². The number of aryl methyl sites for hydroxylation is 1. The molecule has 102 valence electrons. The first kappa shape index (κ1) is 15.1. The fourth-order valence-corrected chi connectivity index (χ4v) is 4.81. The van der Waals surface area contributed by atoms with E-state index >= 15 is 0 Å². The van der Waals surface area contributed by atoms with Gasteiger partial charge in [0.1, 0.15) is 0 Å². The quantitative estimate of drug-likeness (QED) is 0.505. The van der Waals surface area contributed by atoms with Crippen LogP contribution in [0.3, 0.4) is 0 Å². The molecule has 0 radical (unpaired) electrons. The third-order valence-corrected chi connectivity index (χ3v) is 6.08. The lowest BCUT2D eigenvalue weighted by atomic mass is 10.1. The van der Waals surface area contributed by atoms with E-state index < -0.39 is 11.7 Å². The molecule has 2 rings (SSSR count). The first-order valence-electron chi connectivity index (χ1n) is 5.35. The van der Waals surface area contributed by atoms with Gasteiger partial charge < -0.3 is 0 Å². The highest BCUT2D eigenvalue weighted by Crippen LogP contribution is 2.46. The molecule has 0 fully saturated rings. The van der Waals surface area contributed by atoms with Gasteiger partial charge in [0.05, 0.1) is 10.4 Å². The van der Waals surface area contributed by atoms with E-state index in [-0.39, 0.29) is 9.30 Å². The summed E-state index contributed by atoms with van der Waals surface area (Å²) in [5.41, 5.74) is 1.39. The lowest BCUT2D eigenvalue weighted by Gasteiger charge is -2.11. The molecule has 0 aliphatic rings. The third-order valence-electron chi connectivity index (χ3n) is 2.63. The Hall–Kier alpha value is -0.330. The molecule has 1 aromatic heterocycles. The Bertz CT molecular complexity index is 590. The van der Waals surface area contributed by atoms with Crippen molar-refractivity contribution in [3.63, 3.8) is 0 Å². The fraction of sp³-hybridized carbons (Fsp3) is 0.231. The summed E-state index contributed by atoms with van der Waals surface area (Å²) in [5.74, 6) is 0. The average molecular weight is 414 g/mol. The molecule has 0 nitrogen and oxygen atoms in total. The van der Waals surface area contributed by atoms with Crippen molar-refractivity contribution in [2.75, 3.05) is 0 Å². The minimum absolute atomic E-state index is 0.119. The molecule has 1 unspecified atom stereocenters. The molecule has 19 heavy (non-hydrogen) atoms. The second kappa shape index (κ2) is 5.58. The highest BCUT2D eigenvalue weighted by molar-refractivity contribution is 9.11. The molecule has 0 N–H and O–H groups in total. The van der Waals surface area contributed by atoms with Crippen molar-refractivity contribution in [1.29, 1.82) is 0 Å². The Balaban J connectivity index is 2.40. The minimum Gasteiger partial charge on any atom is -0.166 e. The Morgan fingerprint density at radius 2 is 1.95 bits per heavy atom. The molecule has 0 aliphatic carbocycles. The van der Waals surface area contributed by atoms with Gasteiger partial charge >= 0.3 is 6.18 Å². The van der Waals surface area contributed by atoms with E-state index in [1.54, 1.807) is 0 Å². The van der Waals surface area contributed by atoms with E-state index in [4.69, 9.17) is 0 Å². The Morgan fingerprint density at radius 1 is 1.26 bits per heavy atom. The van der Waals surface area contributed by atoms with Crippen LogP contribution in [0.5, 0.6) is 0 Å². The average Bonchev–Trinajstić information content (AvgIpc) is 2.70. The summed E-state index contributed by atoms with van der Waals surface area (Å²) < 4.78 is 38.4. The molecule has 0 amide bonds. The van der Waals surface area contributed by atoms with Crippen molar-refractivity contribution in [3.05, 3.63) is 55.7 Å². The van der Waals surface area contributed by atoms with Gasteiger partial charge in [0, 0.05) is 14.7 Å². The van der Waals surface area contributed by atoms with E-state index in [1.807, 2.05) is 31.2 Å². The van der Waals surface area contributed by atoms with Crippen molar-refractivity contribution in [2.24, 2.45) is 0 Å². The van der Waals surface area contributed by atoms with Crippen molar-refractivity contribution in [2.45, 2.75) is 17.9 Å². The van der Waals surface area contributed by atoms with Crippen LogP contribution in [0.15, 0.2) is 34.1 Å². The first-order valence-corrected chi connectivity index (χ1v) is 7.94. The molecule has 1 heterocycles. The maximum atomic E-state index is 12.8. The van der Waals surface area contributed by atoms with Crippen molar-refractivity contribution < 1.29 is 13.2 Å². The zero-order chi connectivity index (χ0) is 14.2. The molecular weight excluding hydrogens is 405 g/mol. The zero-order valence-electron chi connectivity index (χ0n) is 9.76. The van der Waals surface area contributed by atoms with E-state index in [1.165, 1.54) is 0 Å². The minimum atomic E-state index is -4.33. The van der Waals surface area contributed by atoms with Crippen molar-refractivity contribution >= 4 is 43.2 Å². The zero-order valence-corrected chi connectivity index (χ0v) is 13.8. The normalized spacial score (nSPS) is 13.6. The second-order valence-corrected chi connectivity index (χ2v) is 6.72. The lowest BCUT2D eigenvalue weighted by Crippen LogP contribution is -2.04. The standard InChI is InChI=1S/C13H9Br2F3S/c1-7-3-2-4-8(5-7)10(14)12-11(15)9(6-19-12)13(16,17)18/h2-6,10H,1H3. The van der Waals surface area contributed by atoms with E-state index in [0.29, 0.717) is 4.88 Å². The number of thiophene rings is 1. The highest BCUT2D eigenvalue weighted by atomic mass is 79.9. The van der Waals surface area contributed by atoms with Crippen molar-refractivity contribution in [1.82, 2.24) is 0 Å². The Labute approximate surface area is 129 Å². The van der Waals surface area contributed by atoms with Gasteiger partial charge in [-0.15, -0.1) is 11.3 Å². The topological polar surface area (TPSA) is 0 Å². The fourth-order valence-electron chi connectivity index (χ4n) is 1.70. The van der Waals surface area contributed by atoms with Crippen LogP contribution in [0, 0.1) is 6.92 Å². The smallest absolute Gasteiger partial charge is 0.166 e. The van der Waals surface area contributed by atoms with E-state index in [2.05, 4.69) is 31.9 Å². The van der Waals surface area contributed by atoms with Crippen LogP contribution in [0.25, 0.3) is 0 Å². The van der Waals surface area contributed by atoms with Gasteiger partial charge in [0.2, 0.25) is 0 Å². The van der Waals surface area contributed by atoms with Crippen molar-refractivity contribution in [3.8, 4) is 0 Å². The Kier molecular flexibility index (Phi) is 4.42. The summed E-state index contributed by atoms with van der Waals surface area (Å²) in [6.45, 7) is 1.95. The second-order valence-electron chi connectivity index (χ2n) is 4.10. The lowest BCUT2D eigenvalue weighted by molar-refractivity contribution is -0.137. The largest absolute Gasteiger partial charge is 0.418 e. The van der Waals surface area contributed by atoms with Crippen LogP contribution >= 0.6 is 43.2 Å². The summed E-state index contributed by atoms with van der Waals surface area (Å²) in [6, 6.07) is 7.70. The van der Waals surface area contributed by atoms with Crippen LogP contribution in [-0.2, 0) is 6.18 Å². The van der Waals surface area contributed by atoms with Crippen LogP contribution < -0.4 is 0 Å². The molecule has 1 atom stereocenters. The first-order chi connectivity index (χ1) is 8.80. The van der Waals surface area contributed by atoms with Crippen LogP contribution in [0.1, 0.15) is 26.4 Å². The van der Waals surface area contributed by atoms with Gasteiger partial charge in [0.25, 0.3) is 0 Å². The van der Waals surface area contributed by atoms with Gasteiger partial charge in [-0.2, -0.15) is 13.2 Å². The van der Waals surface area contributed by atoms with Gasteiger partial charge in [0.15, 0.2) is 0 Å². The molecule has 6 heteroatoms. The van der Waals surface area contributed by atoms with E-state index in [0.717, 1.165) is 27.8 Å². The molecule has 1 aromatic carbocycles. The monoisotopic (exact) mass is 412 g/mol. The molecular formula is C13H9Br2F3S. The molecule has 0 aliphatic heterocycles. The molecule has 0 bridgehead atoms. The summed E-state index contributed by atoms with van der Waals surface area (Å²) in [6.07, 6.45) is -4.33. The predicted octanol–water partition coefficient (Wildman–Crippen LogP) is 6.32. The molecule has 0 spiro atoms. The summed E-state index contributed by atoms with van der Waals surface area (Å²) in [5, 5.41) is 1.14. The number of hydrogen-bond donors (Lipinski definition) is 0. The predicted molar refractivity (Wildman–Crippen MR) is 79.0 cm³/mol. The number of benzene rings is 1. The summed E-state index contributed by atoms with van der Waals surface area (Å²) in [7, 11) is 0. The Morgan fingerprint density at radius 3 is 2.47 bits per heavy atom. The van der Waals surface area contributed by atoms with Gasteiger partial charge in [-0.1, -0.05) is 45.8 Å². The van der Waals surface area contributed by atoms with E-state index in [9.17, 15) is 13.2 Å². The highest BCUT2D eigenvalue weighted by Gasteiger charge is 2.36. The number of halogens is 5. The number of alkyl halides is 4. The van der Waals surface area contributed by atoms with Gasteiger partial charge in [-0.25, -0.2) is 0 Å². The number of rotatable bonds is 2. The van der Waals surface area contributed by atoms with Gasteiger partial charge in [-0.05, 0) is 28.4 Å². The molecule has 0 saturated heterocycles. The van der Waals surface area contributed by atoms with Gasteiger partial charge in [-0.3, -0.25) is 0 Å². The molecule has 2 aromatic rings. The van der Waals surface area contributed by atoms with Crippen LogP contribution in [0.4, 0.5) is 13.2 Å². The summed E-state index contributed by atoms with van der Waals surface area (Å²) >= 11 is 7.63. The summed E-state index contributed by atoms with van der Waals surface area (Å²) in [4.78, 5) is 0.376. The SMILES string of the molecule is Cc1cccc(C(Br)c2scc(C(F)(F)F)c2Br)c1. The maximum absolute atomic E-state index is 12.8. The van der Waals surface area contributed by atoms with Crippen LogP contribution in [-0.4, -0.2) is 0 Å². The number of hydrogen-bond acceptors (Lipinski definition) is 1.